The van der Waals surface area contributed by atoms with E-state index in [4.69, 9.17) is 0 Å². The van der Waals surface area contributed by atoms with Crippen molar-refractivity contribution in [3.8, 4) is 0 Å². The van der Waals surface area contributed by atoms with Crippen LogP contribution in [0.3, 0.4) is 0 Å². The highest BCUT2D eigenvalue weighted by Crippen LogP contribution is 2.36. The number of aryl methyl sites for hydroxylation is 1. The minimum atomic E-state index is -1.60. The van der Waals surface area contributed by atoms with Gasteiger partial charge in [0.1, 0.15) is 6.33 Å². The number of nitrogens with zero attached hydrogens (tertiary/aromatic N) is 3. The van der Waals surface area contributed by atoms with Gasteiger partial charge in [-0.3, -0.25) is 0 Å². The molecule has 0 bridgehead atoms. The van der Waals surface area contributed by atoms with Gasteiger partial charge in [-0.1, -0.05) is 35.0 Å². The Morgan fingerprint density at radius 3 is 2.76 bits per heavy atom. The van der Waals surface area contributed by atoms with Crippen LogP contribution in [0.25, 0.3) is 0 Å². The van der Waals surface area contributed by atoms with E-state index in [-0.39, 0.29) is 0 Å². The molecule has 0 N–H and O–H groups in total. The van der Waals surface area contributed by atoms with E-state index in [1.807, 2.05) is 12.1 Å². The fraction of sp³-hybridized carbons (Fsp3) is 0.333. The molecule has 17 heavy (non-hydrogen) atoms. The average molecular weight is 298 g/mol. The van der Waals surface area contributed by atoms with Crippen molar-refractivity contribution in [2.24, 2.45) is 7.05 Å². The van der Waals surface area contributed by atoms with Gasteiger partial charge in [-0.2, -0.15) is 0 Å². The van der Waals surface area contributed by atoms with Crippen molar-refractivity contribution < 1.29 is 4.39 Å². The lowest BCUT2D eigenvalue weighted by molar-refractivity contribution is 0.194. The van der Waals surface area contributed by atoms with Crippen LogP contribution in [-0.4, -0.2) is 14.8 Å². The van der Waals surface area contributed by atoms with Crippen molar-refractivity contribution in [2.75, 3.05) is 0 Å². The van der Waals surface area contributed by atoms with E-state index in [9.17, 15) is 0 Å². The van der Waals surface area contributed by atoms with Crippen molar-refractivity contribution in [1.82, 2.24) is 14.8 Å². The summed E-state index contributed by atoms with van der Waals surface area (Å²) in [5.41, 5.74) is -1.01. The number of hydrogen-bond donors (Lipinski definition) is 0. The van der Waals surface area contributed by atoms with E-state index in [0.717, 1.165) is 4.47 Å². The lowest BCUT2D eigenvalue weighted by Crippen LogP contribution is -2.25. The Kier molecular flexibility index (Phi) is 3.28. The summed E-state index contributed by atoms with van der Waals surface area (Å²) >= 11 is 3.36. The molecule has 0 fully saturated rings. The fourth-order valence-electron chi connectivity index (χ4n) is 1.87. The second kappa shape index (κ2) is 4.56. The maximum Gasteiger partial charge on any atom is 0.195 e. The zero-order chi connectivity index (χ0) is 12.5. The second-order valence-corrected chi connectivity index (χ2v) is 4.85. The number of rotatable bonds is 3. The molecule has 0 spiro atoms. The zero-order valence-electron chi connectivity index (χ0n) is 9.69. The predicted molar refractivity (Wildman–Crippen MR) is 67.3 cm³/mol. The van der Waals surface area contributed by atoms with Gasteiger partial charge in [-0.25, -0.2) is 4.39 Å². The Labute approximate surface area is 108 Å². The molecule has 1 aromatic carbocycles. The van der Waals surface area contributed by atoms with E-state index in [1.54, 1.807) is 30.7 Å². The smallest absolute Gasteiger partial charge is 0.195 e. The Balaban J connectivity index is 2.55. The van der Waals surface area contributed by atoms with Gasteiger partial charge in [0.2, 0.25) is 0 Å². The quantitative estimate of drug-likeness (QED) is 0.871. The van der Waals surface area contributed by atoms with Crippen LogP contribution in [0, 0.1) is 0 Å². The van der Waals surface area contributed by atoms with Crippen molar-refractivity contribution in [3.63, 3.8) is 0 Å². The standard InChI is InChI=1S/C12H13BrFN3/c1-3-12(14,11-16-15-8-17(11)2)9-5-4-6-10(13)7-9/h4-8H,3H2,1-2H3/t12-/m1/s1. The molecule has 3 nitrogen and oxygen atoms in total. The van der Waals surface area contributed by atoms with Crippen molar-refractivity contribution in [3.05, 3.63) is 46.5 Å². The molecule has 1 heterocycles. The number of hydrogen-bond acceptors (Lipinski definition) is 2. The van der Waals surface area contributed by atoms with E-state index in [1.165, 1.54) is 6.33 Å². The SMILES string of the molecule is CC[C@@](F)(c1cccc(Br)c1)c1nncn1C. The molecule has 2 rings (SSSR count). The summed E-state index contributed by atoms with van der Waals surface area (Å²) in [6.07, 6.45) is 1.83. The molecule has 5 heteroatoms. The number of aromatic nitrogens is 3. The van der Waals surface area contributed by atoms with Gasteiger partial charge in [0.15, 0.2) is 11.5 Å². The van der Waals surface area contributed by atoms with Crippen molar-refractivity contribution in [1.29, 1.82) is 0 Å². The molecule has 0 saturated carbocycles. The molecule has 1 aromatic heterocycles. The minimum absolute atomic E-state index is 0.315. The highest BCUT2D eigenvalue weighted by Gasteiger charge is 2.36. The average Bonchev–Trinajstić information content (AvgIpc) is 2.75. The molecule has 0 radical (unpaired) electrons. The first-order chi connectivity index (χ1) is 8.08. The van der Waals surface area contributed by atoms with Crippen LogP contribution in [0.5, 0.6) is 0 Å². The summed E-state index contributed by atoms with van der Waals surface area (Å²) in [7, 11) is 1.75. The molecule has 0 unspecified atom stereocenters. The fourth-order valence-corrected chi connectivity index (χ4v) is 2.27. The molecule has 2 aromatic rings. The maximum atomic E-state index is 15.1. The lowest BCUT2D eigenvalue weighted by Gasteiger charge is -2.23. The third kappa shape index (κ3) is 2.11. The van der Waals surface area contributed by atoms with Crippen LogP contribution in [0.4, 0.5) is 4.39 Å². The largest absolute Gasteiger partial charge is 0.318 e. The second-order valence-electron chi connectivity index (χ2n) is 3.93. The van der Waals surface area contributed by atoms with Gasteiger partial charge in [0.25, 0.3) is 0 Å². The summed E-state index contributed by atoms with van der Waals surface area (Å²) in [5.74, 6) is 0.332. The molecule has 0 aliphatic rings. The van der Waals surface area contributed by atoms with Crippen LogP contribution in [0.15, 0.2) is 35.1 Å². The van der Waals surface area contributed by atoms with Crippen LogP contribution >= 0.6 is 15.9 Å². The van der Waals surface area contributed by atoms with E-state index >= 15 is 4.39 Å². The molecule has 0 aliphatic heterocycles. The summed E-state index contributed by atoms with van der Waals surface area (Å²) < 4.78 is 17.6. The van der Waals surface area contributed by atoms with Gasteiger partial charge >= 0.3 is 0 Å². The molecule has 0 aliphatic carbocycles. The summed E-state index contributed by atoms with van der Waals surface area (Å²) in [4.78, 5) is 0. The summed E-state index contributed by atoms with van der Waals surface area (Å²) in [6.45, 7) is 1.80. The Bertz CT molecular complexity index is 526. The van der Waals surface area contributed by atoms with E-state index < -0.39 is 5.67 Å². The highest BCUT2D eigenvalue weighted by atomic mass is 79.9. The normalized spacial score (nSPS) is 14.6. The predicted octanol–water partition coefficient (Wildman–Crippen LogP) is 3.20. The molecular weight excluding hydrogens is 285 g/mol. The van der Waals surface area contributed by atoms with Crippen LogP contribution in [-0.2, 0) is 12.7 Å². The maximum absolute atomic E-state index is 15.1. The zero-order valence-corrected chi connectivity index (χ0v) is 11.3. The molecule has 0 saturated heterocycles. The lowest BCUT2D eigenvalue weighted by atomic mass is 9.92. The monoisotopic (exact) mass is 297 g/mol. The molecule has 0 amide bonds. The third-order valence-corrected chi connectivity index (χ3v) is 3.33. The minimum Gasteiger partial charge on any atom is -0.318 e. The summed E-state index contributed by atoms with van der Waals surface area (Å²) in [5, 5.41) is 7.63. The van der Waals surface area contributed by atoms with Crippen LogP contribution in [0.1, 0.15) is 24.7 Å². The van der Waals surface area contributed by atoms with Gasteiger partial charge in [-0.05, 0) is 24.1 Å². The van der Waals surface area contributed by atoms with Gasteiger partial charge in [0.05, 0.1) is 0 Å². The molecular formula is C12H13BrFN3. The summed E-state index contributed by atoms with van der Waals surface area (Å²) in [6, 6.07) is 7.23. The number of halogens is 2. The van der Waals surface area contributed by atoms with E-state index in [0.29, 0.717) is 17.8 Å². The number of alkyl halides is 1. The van der Waals surface area contributed by atoms with Gasteiger partial charge in [0, 0.05) is 11.5 Å². The van der Waals surface area contributed by atoms with Crippen molar-refractivity contribution >= 4 is 15.9 Å². The van der Waals surface area contributed by atoms with Gasteiger partial charge in [-0.15, -0.1) is 10.2 Å². The Morgan fingerprint density at radius 1 is 1.47 bits per heavy atom. The van der Waals surface area contributed by atoms with Crippen molar-refractivity contribution in [2.45, 2.75) is 19.0 Å². The number of benzene rings is 1. The first kappa shape index (κ1) is 12.2. The molecule has 90 valence electrons. The third-order valence-electron chi connectivity index (χ3n) is 2.84. The topological polar surface area (TPSA) is 30.7 Å². The Hall–Kier alpha value is -1.23. The van der Waals surface area contributed by atoms with E-state index in [2.05, 4.69) is 26.1 Å². The van der Waals surface area contributed by atoms with Crippen LogP contribution < -0.4 is 0 Å². The highest BCUT2D eigenvalue weighted by molar-refractivity contribution is 9.10. The van der Waals surface area contributed by atoms with Crippen LogP contribution in [0.2, 0.25) is 0 Å². The first-order valence-electron chi connectivity index (χ1n) is 5.37. The van der Waals surface area contributed by atoms with Gasteiger partial charge < -0.3 is 4.57 Å². The Morgan fingerprint density at radius 2 is 2.24 bits per heavy atom. The molecule has 1 atom stereocenters. The first-order valence-corrected chi connectivity index (χ1v) is 6.16.